The van der Waals surface area contributed by atoms with Gasteiger partial charge in [-0.15, -0.1) is 5.10 Å². The van der Waals surface area contributed by atoms with Crippen molar-refractivity contribution in [3.05, 3.63) is 28.0 Å². The van der Waals surface area contributed by atoms with Crippen molar-refractivity contribution in [1.29, 1.82) is 0 Å². The molecule has 0 saturated carbocycles. The Balaban J connectivity index is 1.96. The van der Waals surface area contributed by atoms with Crippen LogP contribution in [0.15, 0.2) is 6.07 Å². The molecule has 0 aliphatic heterocycles. The first kappa shape index (κ1) is 12.0. The number of aryl methyl sites for hydroxylation is 4. The van der Waals surface area contributed by atoms with Crippen molar-refractivity contribution in [2.24, 2.45) is 0 Å². The fourth-order valence-electron chi connectivity index (χ4n) is 1.88. The van der Waals surface area contributed by atoms with Gasteiger partial charge in [-0.2, -0.15) is 4.98 Å². The van der Waals surface area contributed by atoms with E-state index in [-0.39, 0.29) is 0 Å². The molecule has 3 heterocycles. The van der Waals surface area contributed by atoms with E-state index in [1.807, 2.05) is 31.4 Å². The van der Waals surface area contributed by atoms with E-state index in [1.165, 1.54) is 4.88 Å². The second kappa shape index (κ2) is 4.27. The first-order valence-corrected chi connectivity index (χ1v) is 6.76. The summed E-state index contributed by atoms with van der Waals surface area (Å²) in [5.74, 6) is 1.06. The molecule has 0 saturated heterocycles. The number of nitrogens with one attached hydrogen (secondary N) is 1. The molecule has 0 aliphatic rings. The summed E-state index contributed by atoms with van der Waals surface area (Å²) in [5.41, 5.74) is 2.95. The molecule has 98 valence electrons. The topological polar surface area (TPSA) is 68.0 Å². The molecule has 7 heteroatoms. The number of thiazole rings is 1. The van der Waals surface area contributed by atoms with Gasteiger partial charge in [0.1, 0.15) is 0 Å². The minimum Gasteiger partial charge on any atom is -0.291 e. The zero-order chi connectivity index (χ0) is 13.6. The maximum atomic E-state index is 4.43. The highest BCUT2D eigenvalue weighted by molar-refractivity contribution is 7.17. The quantitative estimate of drug-likeness (QED) is 0.778. The van der Waals surface area contributed by atoms with Gasteiger partial charge in [0.25, 0.3) is 5.95 Å². The van der Waals surface area contributed by atoms with Crippen molar-refractivity contribution in [3.8, 4) is 0 Å². The number of anilines is 2. The Morgan fingerprint density at radius 2 is 1.68 bits per heavy atom. The summed E-state index contributed by atoms with van der Waals surface area (Å²) in [6.07, 6.45) is 0. The largest absolute Gasteiger partial charge is 0.291 e. The number of hydrogen-bond acceptors (Lipinski definition) is 6. The molecule has 0 radical (unpaired) electrons. The van der Waals surface area contributed by atoms with Crippen LogP contribution in [0, 0.1) is 27.7 Å². The van der Waals surface area contributed by atoms with Gasteiger partial charge in [-0.25, -0.2) is 14.5 Å². The molecule has 0 bridgehead atoms. The van der Waals surface area contributed by atoms with Crippen LogP contribution >= 0.6 is 11.3 Å². The lowest BCUT2D eigenvalue weighted by molar-refractivity contribution is 0.924. The fraction of sp³-hybridized carbons (Fsp3) is 0.333. The van der Waals surface area contributed by atoms with Crippen LogP contribution < -0.4 is 5.32 Å². The lowest BCUT2D eigenvalue weighted by Crippen LogP contribution is -2.01. The normalized spacial score (nSPS) is 11.2. The predicted molar refractivity (Wildman–Crippen MR) is 75.1 cm³/mol. The van der Waals surface area contributed by atoms with Crippen LogP contribution in [-0.2, 0) is 0 Å². The number of nitrogens with zero attached hydrogens (tertiary/aromatic N) is 5. The lowest BCUT2D eigenvalue weighted by Gasteiger charge is -2.02. The van der Waals surface area contributed by atoms with E-state index >= 15 is 0 Å². The Labute approximate surface area is 114 Å². The van der Waals surface area contributed by atoms with Gasteiger partial charge in [0.15, 0.2) is 0 Å². The third kappa shape index (κ3) is 2.17. The molecular formula is C12H14N6S. The smallest absolute Gasteiger partial charge is 0.250 e. The van der Waals surface area contributed by atoms with Gasteiger partial charge in [-0.1, -0.05) is 11.3 Å². The van der Waals surface area contributed by atoms with Crippen molar-refractivity contribution >= 4 is 28.2 Å². The summed E-state index contributed by atoms with van der Waals surface area (Å²) in [5, 5.41) is 7.46. The van der Waals surface area contributed by atoms with E-state index in [9.17, 15) is 0 Å². The average Bonchev–Trinajstić information content (AvgIpc) is 2.79. The van der Waals surface area contributed by atoms with Crippen LogP contribution in [0.5, 0.6) is 0 Å². The third-order valence-electron chi connectivity index (χ3n) is 2.85. The van der Waals surface area contributed by atoms with Crippen molar-refractivity contribution in [3.63, 3.8) is 0 Å². The minimum absolute atomic E-state index is 0.527. The molecule has 0 unspecified atom stereocenters. The van der Waals surface area contributed by atoms with E-state index in [0.29, 0.717) is 11.9 Å². The van der Waals surface area contributed by atoms with E-state index in [4.69, 9.17) is 0 Å². The summed E-state index contributed by atoms with van der Waals surface area (Å²) < 4.78 is 1.84. The first-order valence-electron chi connectivity index (χ1n) is 5.95. The Morgan fingerprint density at radius 3 is 2.32 bits per heavy atom. The van der Waals surface area contributed by atoms with Gasteiger partial charge in [0.05, 0.1) is 5.69 Å². The maximum absolute atomic E-state index is 4.43. The number of hydrogen-bond donors (Lipinski definition) is 1. The first-order chi connectivity index (χ1) is 9.02. The van der Waals surface area contributed by atoms with Gasteiger partial charge in [0.2, 0.25) is 10.9 Å². The lowest BCUT2D eigenvalue weighted by atomic mass is 10.4. The van der Waals surface area contributed by atoms with Crippen molar-refractivity contribution < 1.29 is 0 Å². The molecule has 0 amide bonds. The van der Waals surface area contributed by atoms with Crippen LogP contribution in [-0.4, -0.2) is 24.6 Å². The highest BCUT2D eigenvalue weighted by Gasteiger charge is 2.11. The van der Waals surface area contributed by atoms with Gasteiger partial charge in [-0.3, -0.25) is 5.32 Å². The summed E-state index contributed by atoms with van der Waals surface area (Å²) in [7, 11) is 0. The van der Waals surface area contributed by atoms with Crippen molar-refractivity contribution in [2.45, 2.75) is 27.7 Å². The number of rotatable bonds is 2. The van der Waals surface area contributed by atoms with Crippen LogP contribution in [0.4, 0.5) is 11.9 Å². The van der Waals surface area contributed by atoms with Crippen molar-refractivity contribution in [1.82, 2.24) is 24.6 Å². The minimum atomic E-state index is 0.527. The summed E-state index contributed by atoms with van der Waals surface area (Å²) in [4.78, 5) is 15.2. The Morgan fingerprint density at radius 1 is 1.00 bits per heavy atom. The summed E-state index contributed by atoms with van der Waals surface area (Å²) >= 11 is 1.62. The van der Waals surface area contributed by atoms with Gasteiger partial charge < -0.3 is 0 Å². The Bertz CT molecular complexity index is 737. The molecule has 19 heavy (non-hydrogen) atoms. The molecule has 3 aromatic rings. The van der Waals surface area contributed by atoms with E-state index in [0.717, 1.165) is 22.0 Å². The van der Waals surface area contributed by atoms with Crippen LogP contribution in [0.3, 0.4) is 0 Å². The molecule has 0 fully saturated rings. The molecule has 0 atom stereocenters. The molecule has 1 N–H and O–H groups in total. The highest BCUT2D eigenvalue weighted by Crippen LogP contribution is 2.22. The summed E-state index contributed by atoms with van der Waals surface area (Å²) in [6, 6.07) is 1.93. The molecule has 0 spiro atoms. The monoisotopic (exact) mass is 274 g/mol. The zero-order valence-corrected chi connectivity index (χ0v) is 12.0. The maximum Gasteiger partial charge on any atom is 0.250 e. The van der Waals surface area contributed by atoms with E-state index in [1.54, 1.807) is 11.3 Å². The third-order valence-corrected chi connectivity index (χ3v) is 3.90. The van der Waals surface area contributed by atoms with E-state index < -0.39 is 0 Å². The van der Waals surface area contributed by atoms with Crippen LogP contribution in [0.25, 0.3) is 4.96 Å². The SMILES string of the molecule is Cc1cc(C)nc(Nc2nc3sc(C)c(C)n3n2)n1. The number of fused-ring (bicyclic) bond motifs is 1. The van der Waals surface area contributed by atoms with E-state index in [2.05, 4.69) is 32.3 Å². The predicted octanol–water partition coefficient (Wildman–Crippen LogP) is 2.56. The standard InChI is InChI=1S/C12H14N6S/c1-6-5-7(2)14-10(13-6)15-11-16-12-18(17-11)8(3)9(4)19-12/h5H,1-4H3,(H,13,14,15,17). The van der Waals surface area contributed by atoms with Gasteiger partial charge in [-0.05, 0) is 33.8 Å². The molecule has 0 aliphatic carbocycles. The number of aromatic nitrogens is 5. The molecule has 0 aromatic carbocycles. The average molecular weight is 274 g/mol. The Hall–Kier alpha value is -2.02. The molecule has 6 nitrogen and oxygen atoms in total. The summed E-state index contributed by atoms with van der Waals surface area (Å²) in [6.45, 7) is 7.97. The van der Waals surface area contributed by atoms with Crippen LogP contribution in [0.2, 0.25) is 0 Å². The van der Waals surface area contributed by atoms with Gasteiger partial charge >= 0.3 is 0 Å². The fourth-order valence-corrected chi connectivity index (χ4v) is 2.78. The molecular weight excluding hydrogens is 260 g/mol. The van der Waals surface area contributed by atoms with Gasteiger partial charge in [0, 0.05) is 16.3 Å². The zero-order valence-electron chi connectivity index (χ0n) is 11.2. The Kier molecular flexibility index (Phi) is 2.70. The second-order valence-corrected chi connectivity index (χ2v) is 5.65. The molecule has 3 aromatic heterocycles. The second-order valence-electron chi connectivity index (χ2n) is 4.47. The molecule has 3 rings (SSSR count). The highest BCUT2D eigenvalue weighted by atomic mass is 32.1. The van der Waals surface area contributed by atoms with Crippen LogP contribution in [0.1, 0.15) is 22.0 Å². The van der Waals surface area contributed by atoms with Crippen molar-refractivity contribution in [2.75, 3.05) is 5.32 Å².